The normalized spacial score (nSPS) is 10.5. The van der Waals surface area contributed by atoms with Crippen LogP contribution < -0.4 is 5.32 Å². The first kappa shape index (κ1) is 21.3. The molecule has 4 nitrogen and oxygen atoms in total. The summed E-state index contributed by atoms with van der Waals surface area (Å²) in [6, 6.07) is 13.0. The lowest BCUT2D eigenvalue weighted by molar-refractivity contribution is -0.116. The highest BCUT2D eigenvalue weighted by Crippen LogP contribution is 2.35. The number of anilines is 1. The molecule has 0 spiro atoms. The molecule has 27 heavy (non-hydrogen) atoms. The number of carbonyl (C=O) groups excluding carboxylic acids is 2. The summed E-state index contributed by atoms with van der Waals surface area (Å²) in [5.41, 5.74) is 1.23. The van der Waals surface area contributed by atoms with Crippen LogP contribution in [0, 0.1) is 0 Å². The molecule has 2 rings (SSSR count). The van der Waals surface area contributed by atoms with Crippen molar-refractivity contribution in [3.05, 3.63) is 53.1 Å². The van der Waals surface area contributed by atoms with Gasteiger partial charge in [0, 0.05) is 39.9 Å². The summed E-state index contributed by atoms with van der Waals surface area (Å²) in [5.74, 6) is -0.0862. The summed E-state index contributed by atoms with van der Waals surface area (Å²) in [6.07, 6.45) is 1.21. The van der Waals surface area contributed by atoms with Crippen LogP contribution in [0.5, 0.6) is 0 Å². The standard InChI is InChI=1S/C21H25ClN2O2S/c1-4-7-20(25)23-18-14-15(21(26)24(5-2)6-3)8-13-19(18)27-17-11-9-16(22)10-12-17/h8-14H,4-7H2,1-3H3,(H,23,25). The molecule has 0 saturated heterocycles. The predicted octanol–water partition coefficient (Wildman–Crippen LogP) is 5.71. The molecule has 0 aliphatic carbocycles. The average Bonchev–Trinajstić information content (AvgIpc) is 2.66. The van der Waals surface area contributed by atoms with E-state index in [0.29, 0.717) is 35.8 Å². The van der Waals surface area contributed by atoms with E-state index in [0.717, 1.165) is 16.2 Å². The molecule has 1 N–H and O–H groups in total. The fourth-order valence-corrected chi connectivity index (χ4v) is 3.62. The lowest BCUT2D eigenvalue weighted by atomic mass is 10.1. The molecular formula is C21H25ClN2O2S. The van der Waals surface area contributed by atoms with E-state index in [1.54, 1.807) is 11.0 Å². The van der Waals surface area contributed by atoms with Gasteiger partial charge >= 0.3 is 0 Å². The minimum Gasteiger partial charge on any atom is -0.339 e. The summed E-state index contributed by atoms with van der Waals surface area (Å²) >= 11 is 7.48. The molecule has 2 amide bonds. The van der Waals surface area contributed by atoms with Gasteiger partial charge in [0.1, 0.15) is 0 Å². The maximum absolute atomic E-state index is 12.7. The van der Waals surface area contributed by atoms with Gasteiger partial charge in [-0.1, -0.05) is 30.3 Å². The van der Waals surface area contributed by atoms with Gasteiger partial charge in [-0.25, -0.2) is 0 Å². The lowest BCUT2D eigenvalue weighted by Gasteiger charge is -2.20. The number of halogens is 1. The monoisotopic (exact) mass is 404 g/mol. The lowest BCUT2D eigenvalue weighted by Crippen LogP contribution is -2.30. The minimum atomic E-state index is -0.0529. The highest BCUT2D eigenvalue weighted by Gasteiger charge is 2.16. The van der Waals surface area contributed by atoms with E-state index in [1.807, 2.05) is 57.2 Å². The molecule has 0 unspecified atom stereocenters. The number of rotatable bonds is 8. The van der Waals surface area contributed by atoms with E-state index < -0.39 is 0 Å². The Morgan fingerprint density at radius 1 is 1.04 bits per heavy atom. The molecule has 0 radical (unpaired) electrons. The van der Waals surface area contributed by atoms with Crippen LogP contribution in [0.4, 0.5) is 5.69 Å². The number of nitrogens with zero attached hydrogens (tertiary/aromatic N) is 1. The Labute approximate surface area is 170 Å². The van der Waals surface area contributed by atoms with Crippen molar-refractivity contribution in [1.82, 2.24) is 4.90 Å². The quantitative estimate of drug-likeness (QED) is 0.612. The van der Waals surface area contributed by atoms with Gasteiger partial charge in [0.25, 0.3) is 5.91 Å². The number of carbonyl (C=O) groups is 2. The van der Waals surface area contributed by atoms with Gasteiger partial charge in [-0.15, -0.1) is 0 Å². The van der Waals surface area contributed by atoms with Crippen molar-refractivity contribution in [2.45, 2.75) is 43.4 Å². The van der Waals surface area contributed by atoms with Crippen LogP contribution in [0.3, 0.4) is 0 Å². The van der Waals surface area contributed by atoms with Crippen LogP contribution in [0.15, 0.2) is 52.3 Å². The fourth-order valence-electron chi connectivity index (χ4n) is 2.61. The molecule has 2 aromatic rings. The Kier molecular flexibility index (Phi) is 8.20. The zero-order chi connectivity index (χ0) is 19.8. The first-order valence-electron chi connectivity index (χ1n) is 9.15. The van der Waals surface area contributed by atoms with Crippen LogP contribution in [-0.2, 0) is 4.79 Å². The molecule has 0 fully saturated rings. The summed E-state index contributed by atoms with van der Waals surface area (Å²) < 4.78 is 0. The largest absolute Gasteiger partial charge is 0.339 e. The van der Waals surface area contributed by atoms with E-state index in [9.17, 15) is 9.59 Å². The van der Waals surface area contributed by atoms with E-state index in [2.05, 4.69) is 5.32 Å². The molecule has 0 aliphatic heterocycles. The number of hydrogen-bond donors (Lipinski definition) is 1. The van der Waals surface area contributed by atoms with Crippen LogP contribution in [0.1, 0.15) is 44.0 Å². The van der Waals surface area contributed by atoms with Crippen LogP contribution in [0.2, 0.25) is 5.02 Å². The molecule has 0 heterocycles. The maximum atomic E-state index is 12.7. The topological polar surface area (TPSA) is 49.4 Å². The van der Waals surface area contributed by atoms with Gasteiger partial charge in [-0.3, -0.25) is 9.59 Å². The number of nitrogens with one attached hydrogen (secondary N) is 1. The predicted molar refractivity (Wildman–Crippen MR) is 113 cm³/mol. The SMILES string of the molecule is CCCC(=O)Nc1cc(C(=O)N(CC)CC)ccc1Sc1ccc(Cl)cc1. The molecule has 144 valence electrons. The van der Waals surface area contributed by atoms with E-state index in [1.165, 1.54) is 11.8 Å². The smallest absolute Gasteiger partial charge is 0.253 e. The molecule has 6 heteroatoms. The summed E-state index contributed by atoms with van der Waals surface area (Å²) in [7, 11) is 0. The van der Waals surface area contributed by atoms with Crippen molar-refractivity contribution >= 4 is 40.9 Å². The van der Waals surface area contributed by atoms with Crippen LogP contribution >= 0.6 is 23.4 Å². The summed E-state index contributed by atoms with van der Waals surface area (Å²) in [6.45, 7) is 7.16. The first-order chi connectivity index (χ1) is 13.0. The first-order valence-corrected chi connectivity index (χ1v) is 10.3. The van der Waals surface area contributed by atoms with Gasteiger partial charge in [-0.05, 0) is 62.7 Å². The molecule has 0 aliphatic rings. The number of benzene rings is 2. The van der Waals surface area contributed by atoms with Gasteiger partial charge in [-0.2, -0.15) is 0 Å². The zero-order valence-electron chi connectivity index (χ0n) is 15.9. The third kappa shape index (κ3) is 6.01. The average molecular weight is 405 g/mol. The summed E-state index contributed by atoms with van der Waals surface area (Å²) in [4.78, 5) is 28.5. The van der Waals surface area contributed by atoms with Crippen molar-refractivity contribution in [3.63, 3.8) is 0 Å². The Bertz CT molecular complexity index is 789. The molecule has 0 atom stereocenters. The Morgan fingerprint density at radius 3 is 2.30 bits per heavy atom. The van der Waals surface area contributed by atoms with Crippen molar-refractivity contribution in [2.75, 3.05) is 18.4 Å². The Morgan fingerprint density at radius 2 is 1.70 bits per heavy atom. The second-order valence-corrected chi connectivity index (χ2v) is 7.59. The van der Waals surface area contributed by atoms with E-state index in [-0.39, 0.29) is 11.8 Å². The molecule has 0 bridgehead atoms. The minimum absolute atomic E-state index is 0.0333. The van der Waals surface area contributed by atoms with Crippen molar-refractivity contribution in [1.29, 1.82) is 0 Å². The van der Waals surface area contributed by atoms with Gasteiger partial charge in [0.2, 0.25) is 5.91 Å². The second-order valence-electron chi connectivity index (χ2n) is 6.04. The number of amides is 2. The van der Waals surface area contributed by atoms with Crippen molar-refractivity contribution in [3.8, 4) is 0 Å². The molecule has 2 aromatic carbocycles. The van der Waals surface area contributed by atoms with Gasteiger partial charge < -0.3 is 10.2 Å². The highest BCUT2D eigenvalue weighted by molar-refractivity contribution is 7.99. The van der Waals surface area contributed by atoms with Gasteiger partial charge in [0.05, 0.1) is 5.69 Å². The van der Waals surface area contributed by atoms with Crippen LogP contribution in [0.25, 0.3) is 0 Å². The molecule has 0 saturated carbocycles. The van der Waals surface area contributed by atoms with Crippen LogP contribution in [-0.4, -0.2) is 29.8 Å². The van der Waals surface area contributed by atoms with Crippen molar-refractivity contribution < 1.29 is 9.59 Å². The Balaban J connectivity index is 2.35. The summed E-state index contributed by atoms with van der Waals surface area (Å²) in [5, 5.41) is 3.63. The molecular weight excluding hydrogens is 380 g/mol. The second kappa shape index (κ2) is 10.4. The van der Waals surface area contributed by atoms with E-state index >= 15 is 0 Å². The molecule has 0 aromatic heterocycles. The number of hydrogen-bond acceptors (Lipinski definition) is 3. The fraction of sp³-hybridized carbons (Fsp3) is 0.333. The third-order valence-electron chi connectivity index (χ3n) is 4.07. The maximum Gasteiger partial charge on any atom is 0.253 e. The van der Waals surface area contributed by atoms with Gasteiger partial charge in [0.15, 0.2) is 0 Å². The van der Waals surface area contributed by atoms with E-state index in [4.69, 9.17) is 11.6 Å². The third-order valence-corrected chi connectivity index (χ3v) is 5.41. The van der Waals surface area contributed by atoms with Crippen molar-refractivity contribution in [2.24, 2.45) is 0 Å². The Hall–Kier alpha value is -1.98. The highest BCUT2D eigenvalue weighted by atomic mass is 35.5. The zero-order valence-corrected chi connectivity index (χ0v) is 17.5.